The molecule has 3 aromatic heterocycles. The first-order valence-electron chi connectivity index (χ1n) is 8.85. The van der Waals surface area contributed by atoms with Gasteiger partial charge < -0.3 is 10.6 Å². The largest absolute Gasteiger partial charge is 0.417 e. The Morgan fingerprint density at radius 1 is 1.21 bits per heavy atom. The predicted octanol–water partition coefficient (Wildman–Crippen LogP) is 2.65. The number of fused-ring (bicyclic) bond motifs is 1. The highest BCUT2D eigenvalue weighted by Gasteiger charge is 2.31. The van der Waals surface area contributed by atoms with E-state index in [9.17, 15) is 22.4 Å². The molecule has 0 spiro atoms. The highest BCUT2D eigenvalue weighted by molar-refractivity contribution is 5.77. The summed E-state index contributed by atoms with van der Waals surface area (Å²) in [5, 5.41) is 0. The Morgan fingerprint density at radius 2 is 2.00 bits per heavy atom. The minimum atomic E-state index is -4.55. The van der Waals surface area contributed by atoms with Gasteiger partial charge in [-0.25, -0.2) is 19.3 Å². The number of amides is 1. The summed E-state index contributed by atoms with van der Waals surface area (Å²) in [4.78, 5) is 25.4. The van der Waals surface area contributed by atoms with Crippen molar-refractivity contribution in [2.45, 2.75) is 19.0 Å². The number of imidazole rings is 1. The van der Waals surface area contributed by atoms with Crippen LogP contribution in [0.2, 0.25) is 0 Å². The summed E-state index contributed by atoms with van der Waals surface area (Å²) < 4.78 is 54.8. The van der Waals surface area contributed by atoms with E-state index in [4.69, 9.17) is 5.73 Å². The number of hydrogen-bond acceptors (Lipinski definition) is 5. The third-order valence-electron chi connectivity index (χ3n) is 4.91. The Kier molecular flexibility index (Phi) is 4.59. The Labute approximate surface area is 162 Å². The van der Waals surface area contributed by atoms with E-state index in [1.165, 1.54) is 12.3 Å². The second-order valence-corrected chi connectivity index (χ2v) is 6.84. The van der Waals surface area contributed by atoms with E-state index in [0.29, 0.717) is 25.9 Å². The van der Waals surface area contributed by atoms with Crippen molar-refractivity contribution < 1.29 is 22.4 Å². The summed E-state index contributed by atoms with van der Waals surface area (Å²) in [6, 6.07) is 2.11. The van der Waals surface area contributed by atoms with Crippen LogP contribution in [0.1, 0.15) is 18.4 Å². The summed E-state index contributed by atoms with van der Waals surface area (Å²) in [6.07, 6.45) is -0.154. The molecule has 152 valence electrons. The molecule has 11 heteroatoms. The van der Waals surface area contributed by atoms with E-state index < -0.39 is 23.5 Å². The van der Waals surface area contributed by atoms with E-state index >= 15 is 0 Å². The van der Waals surface area contributed by atoms with Crippen molar-refractivity contribution in [3.63, 3.8) is 0 Å². The lowest BCUT2D eigenvalue weighted by Gasteiger charge is -2.31. The maximum absolute atomic E-state index is 14.5. The average Bonchev–Trinajstić information content (AvgIpc) is 3.11. The smallest absolute Gasteiger partial charge is 0.369 e. The molecule has 0 bridgehead atoms. The molecule has 0 aromatic carbocycles. The molecule has 1 atom stereocenters. The first-order chi connectivity index (χ1) is 13.7. The highest BCUT2D eigenvalue weighted by atomic mass is 19.4. The summed E-state index contributed by atoms with van der Waals surface area (Å²) in [5.41, 5.74) is 4.60. The van der Waals surface area contributed by atoms with Gasteiger partial charge in [0.05, 0.1) is 29.6 Å². The van der Waals surface area contributed by atoms with Gasteiger partial charge in [-0.2, -0.15) is 13.2 Å². The number of piperidine rings is 1. The fourth-order valence-electron chi connectivity index (χ4n) is 3.40. The number of aromatic nitrogens is 4. The van der Waals surface area contributed by atoms with Crippen molar-refractivity contribution in [1.82, 2.24) is 19.4 Å². The molecule has 0 radical (unpaired) electrons. The van der Waals surface area contributed by atoms with Gasteiger partial charge in [0.1, 0.15) is 11.3 Å². The quantitative estimate of drug-likeness (QED) is 0.673. The third-order valence-corrected chi connectivity index (χ3v) is 4.91. The van der Waals surface area contributed by atoms with Crippen LogP contribution in [0.25, 0.3) is 17.0 Å². The van der Waals surface area contributed by atoms with Gasteiger partial charge >= 0.3 is 6.18 Å². The molecule has 0 saturated carbocycles. The second kappa shape index (κ2) is 6.98. The second-order valence-electron chi connectivity index (χ2n) is 6.84. The number of nitrogens with two attached hydrogens (primary N) is 1. The van der Waals surface area contributed by atoms with Gasteiger partial charge in [-0.15, -0.1) is 0 Å². The van der Waals surface area contributed by atoms with Gasteiger partial charge in [-0.3, -0.25) is 9.20 Å². The number of primary amides is 1. The van der Waals surface area contributed by atoms with Crippen LogP contribution in [0.3, 0.4) is 0 Å². The van der Waals surface area contributed by atoms with Crippen molar-refractivity contribution in [3.05, 3.63) is 42.1 Å². The van der Waals surface area contributed by atoms with E-state index in [-0.39, 0.29) is 28.9 Å². The fourth-order valence-corrected chi connectivity index (χ4v) is 3.40. The van der Waals surface area contributed by atoms with Gasteiger partial charge in [0.25, 0.3) is 0 Å². The fraction of sp³-hybridized carbons (Fsp3) is 0.333. The zero-order valence-electron chi connectivity index (χ0n) is 15.0. The van der Waals surface area contributed by atoms with Crippen molar-refractivity contribution >= 4 is 17.5 Å². The van der Waals surface area contributed by atoms with Gasteiger partial charge in [0, 0.05) is 19.3 Å². The molecule has 1 fully saturated rings. The number of pyridine rings is 1. The maximum atomic E-state index is 14.5. The Morgan fingerprint density at radius 3 is 2.72 bits per heavy atom. The van der Waals surface area contributed by atoms with Crippen molar-refractivity contribution in [2.75, 3.05) is 18.0 Å². The zero-order chi connectivity index (χ0) is 20.8. The lowest BCUT2D eigenvalue weighted by molar-refractivity contribution is -0.137. The van der Waals surface area contributed by atoms with E-state index in [1.54, 1.807) is 4.90 Å². The molecule has 4 heterocycles. The summed E-state index contributed by atoms with van der Waals surface area (Å²) in [5.74, 6) is -1.42. The van der Waals surface area contributed by atoms with Crippen LogP contribution in [0, 0.1) is 11.7 Å². The van der Waals surface area contributed by atoms with Crippen LogP contribution in [-0.4, -0.2) is 38.3 Å². The highest BCUT2D eigenvalue weighted by Crippen LogP contribution is 2.31. The number of alkyl halides is 3. The zero-order valence-corrected chi connectivity index (χ0v) is 15.0. The number of halogens is 4. The molecule has 1 aliphatic rings. The first-order valence-corrected chi connectivity index (χ1v) is 8.85. The molecular formula is C18H16F4N6O. The summed E-state index contributed by atoms with van der Waals surface area (Å²) in [6.45, 7) is 0.853. The number of hydrogen-bond donors (Lipinski definition) is 1. The summed E-state index contributed by atoms with van der Waals surface area (Å²) >= 11 is 0. The van der Waals surface area contributed by atoms with E-state index in [1.807, 2.05) is 0 Å². The number of rotatable bonds is 3. The molecule has 1 amide bonds. The minimum Gasteiger partial charge on any atom is -0.369 e. The van der Waals surface area contributed by atoms with Gasteiger partial charge in [-0.1, -0.05) is 0 Å². The van der Waals surface area contributed by atoms with Crippen LogP contribution >= 0.6 is 0 Å². The van der Waals surface area contributed by atoms with E-state index in [2.05, 4.69) is 15.0 Å². The summed E-state index contributed by atoms with van der Waals surface area (Å²) in [7, 11) is 0. The molecule has 0 unspecified atom stereocenters. The molecule has 7 nitrogen and oxygen atoms in total. The van der Waals surface area contributed by atoms with Crippen molar-refractivity contribution in [1.29, 1.82) is 0 Å². The topological polar surface area (TPSA) is 89.4 Å². The number of carbonyl (C=O) groups is 1. The molecule has 0 aliphatic carbocycles. The number of carbonyl (C=O) groups excluding carboxylic acids is 1. The first kappa shape index (κ1) is 19.1. The van der Waals surface area contributed by atoms with Gasteiger partial charge in [0.2, 0.25) is 11.9 Å². The van der Waals surface area contributed by atoms with Crippen LogP contribution in [-0.2, 0) is 11.0 Å². The van der Waals surface area contributed by atoms with Gasteiger partial charge in [-0.05, 0) is 25.0 Å². The maximum Gasteiger partial charge on any atom is 0.417 e. The predicted molar refractivity (Wildman–Crippen MR) is 95.3 cm³/mol. The standard InChI is InChI=1S/C18H16F4N6O/c19-12-6-25-17(27-5-1-2-10(8-27)16(23)29)26-15(12)13-7-24-14-4-3-11(9-28(13)14)18(20,21)22/h3-4,6-7,9-10H,1-2,5,8H2,(H2,23,29)/t10-/m1/s1. The Hall–Kier alpha value is -3.24. The number of nitrogens with zero attached hydrogens (tertiary/aromatic N) is 5. The molecule has 2 N–H and O–H groups in total. The lowest BCUT2D eigenvalue weighted by atomic mass is 9.98. The average molecular weight is 408 g/mol. The SMILES string of the molecule is NC(=O)[C@@H]1CCCN(c2ncc(F)c(-c3cnc4ccc(C(F)(F)F)cn34)n2)C1. The number of anilines is 1. The van der Waals surface area contributed by atoms with Crippen LogP contribution in [0.15, 0.2) is 30.7 Å². The molecule has 1 aliphatic heterocycles. The lowest BCUT2D eigenvalue weighted by Crippen LogP contribution is -2.42. The van der Waals surface area contributed by atoms with Crippen LogP contribution in [0.5, 0.6) is 0 Å². The molecule has 3 aromatic rings. The Bertz CT molecular complexity index is 1080. The normalized spacial score (nSPS) is 17.7. The van der Waals surface area contributed by atoms with Crippen LogP contribution in [0.4, 0.5) is 23.5 Å². The molecule has 1 saturated heterocycles. The van der Waals surface area contributed by atoms with Crippen molar-refractivity contribution in [3.8, 4) is 11.4 Å². The van der Waals surface area contributed by atoms with Gasteiger partial charge in [0.15, 0.2) is 5.82 Å². The molecule has 4 rings (SSSR count). The van der Waals surface area contributed by atoms with Crippen LogP contribution < -0.4 is 10.6 Å². The monoisotopic (exact) mass is 408 g/mol. The van der Waals surface area contributed by atoms with E-state index in [0.717, 1.165) is 22.9 Å². The Balaban J connectivity index is 1.76. The molecule has 29 heavy (non-hydrogen) atoms. The van der Waals surface area contributed by atoms with Crippen molar-refractivity contribution in [2.24, 2.45) is 11.7 Å². The third kappa shape index (κ3) is 3.59. The molecular weight excluding hydrogens is 392 g/mol. The minimum absolute atomic E-state index is 0.0655.